The smallest absolute Gasteiger partial charge is 0.412 e. The molecule has 1 amide bonds. The molecule has 0 unspecified atom stereocenters. The molecular weight excluding hydrogens is 179 g/mol. The van der Waals surface area contributed by atoms with E-state index in [9.17, 15) is 4.79 Å². The van der Waals surface area contributed by atoms with E-state index in [1.54, 1.807) is 0 Å². The molecule has 1 aromatic rings. The zero-order chi connectivity index (χ0) is 10.6. The second-order valence-electron chi connectivity index (χ2n) is 3.99. The molecule has 0 atom stereocenters. The van der Waals surface area contributed by atoms with Crippen molar-refractivity contribution in [3.63, 3.8) is 0 Å². The number of para-hydroxylation sites is 1. The van der Waals surface area contributed by atoms with E-state index in [2.05, 4.69) is 5.32 Å². The second-order valence-corrected chi connectivity index (χ2v) is 3.99. The van der Waals surface area contributed by atoms with Crippen molar-refractivity contribution in [1.29, 1.82) is 0 Å². The number of ether oxygens (including phenoxy) is 1. The molecule has 0 aliphatic carbocycles. The third kappa shape index (κ3) is 3.94. The van der Waals surface area contributed by atoms with E-state index in [1.807, 2.05) is 51.1 Å². The minimum atomic E-state index is -0.459. The van der Waals surface area contributed by atoms with Crippen molar-refractivity contribution >= 4 is 11.8 Å². The molecule has 0 saturated heterocycles. The molecule has 76 valence electrons. The Morgan fingerprint density at radius 2 is 1.79 bits per heavy atom. The Bertz CT molecular complexity index is 301. The third-order valence-corrected chi connectivity index (χ3v) is 1.42. The number of carbonyl (C=O) groups is 1. The molecule has 0 saturated carbocycles. The van der Waals surface area contributed by atoms with Gasteiger partial charge in [-0.3, -0.25) is 5.32 Å². The Labute approximate surface area is 84.1 Å². The predicted octanol–water partition coefficient (Wildman–Crippen LogP) is 3.03. The largest absolute Gasteiger partial charge is 0.444 e. The molecule has 0 radical (unpaired) electrons. The summed E-state index contributed by atoms with van der Waals surface area (Å²) in [5.41, 5.74) is 0.278. The van der Waals surface area contributed by atoms with Crippen LogP contribution < -0.4 is 5.32 Å². The van der Waals surface area contributed by atoms with E-state index in [0.29, 0.717) is 0 Å². The number of benzene rings is 1. The van der Waals surface area contributed by atoms with E-state index in [0.717, 1.165) is 5.69 Å². The fraction of sp³-hybridized carbons (Fsp3) is 0.364. The van der Waals surface area contributed by atoms with Crippen molar-refractivity contribution in [2.45, 2.75) is 26.4 Å². The maximum absolute atomic E-state index is 11.3. The Morgan fingerprint density at radius 1 is 1.21 bits per heavy atom. The number of carbonyl (C=O) groups excluding carboxylic acids is 1. The molecule has 3 nitrogen and oxygen atoms in total. The van der Waals surface area contributed by atoms with Crippen LogP contribution >= 0.6 is 0 Å². The van der Waals surface area contributed by atoms with Crippen LogP contribution in [0.2, 0.25) is 0 Å². The maximum Gasteiger partial charge on any atom is 0.412 e. The standard InChI is InChI=1S/C11H15NO2/c1-11(2,3)14-10(13)12-9-7-5-4-6-8-9/h4-8H,1-3H3,(H,12,13)/i12+1. The molecule has 1 aromatic carbocycles. The number of amides is 1. The highest BCUT2D eigenvalue weighted by atomic mass is 16.6. The number of anilines is 1. The van der Waals surface area contributed by atoms with Crippen LogP contribution in [-0.4, -0.2) is 11.7 Å². The summed E-state index contributed by atoms with van der Waals surface area (Å²) in [5, 5.41) is 2.64. The Hall–Kier alpha value is -1.51. The summed E-state index contributed by atoms with van der Waals surface area (Å²) in [5.74, 6) is 0. The molecular formula is C11H15NO2. The molecule has 0 spiro atoms. The lowest BCUT2D eigenvalue weighted by molar-refractivity contribution is 0.0636. The van der Waals surface area contributed by atoms with Crippen LogP contribution in [0.15, 0.2) is 30.3 Å². The highest BCUT2D eigenvalue weighted by Crippen LogP contribution is 2.10. The summed E-state index contributed by atoms with van der Waals surface area (Å²) in [4.78, 5) is 11.3. The maximum atomic E-state index is 11.3. The summed E-state index contributed by atoms with van der Waals surface area (Å²) in [7, 11) is 0. The van der Waals surface area contributed by atoms with Gasteiger partial charge in [-0.2, -0.15) is 0 Å². The van der Waals surface area contributed by atoms with Crippen LogP contribution in [-0.2, 0) is 4.74 Å². The molecule has 1 N–H and O–H groups in total. The van der Waals surface area contributed by atoms with Gasteiger partial charge in [0, 0.05) is 5.69 Å². The van der Waals surface area contributed by atoms with Gasteiger partial charge in [0.25, 0.3) is 0 Å². The second kappa shape index (κ2) is 4.13. The van der Waals surface area contributed by atoms with E-state index < -0.39 is 11.7 Å². The monoisotopic (exact) mass is 194 g/mol. The predicted molar refractivity (Wildman–Crippen MR) is 56.3 cm³/mol. The Kier molecular flexibility index (Phi) is 3.12. The van der Waals surface area contributed by atoms with Crippen molar-refractivity contribution in [3.8, 4) is 0 Å². The van der Waals surface area contributed by atoms with Crippen LogP contribution in [0.1, 0.15) is 20.8 Å². The Balaban J connectivity index is 2.50. The average Bonchev–Trinajstić information content (AvgIpc) is 2.02. The SMILES string of the molecule is CC(C)(C)OC(=O)[15NH]c1ccccc1. The van der Waals surface area contributed by atoms with Gasteiger partial charge in [0.15, 0.2) is 0 Å². The van der Waals surface area contributed by atoms with E-state index in [1.165, 1.54) is 0 Å². The minimum absolute atomic E-state index is 0.427. The fourth-order valence-electron chi connectivity index (χ4n) is 0.943. The molecule has 14 heavy (non-hydrogen) atoms. The first-order chi connectivity index (χ1) is 6.47. The van der Waals surface area contributed by atoms with Crippen LogP contribution in [0.5, 0.6) is 0 Å². The van der Waals surface area contributed by atoms with Gasteiger partial charge in [-0.1, -0.05) is 18.2 Å². The quantitative estimate of drug-likeness (QED) is 0.698. The van der Waals surface area contributed by atoms with E-state index in [4.69, 9.17) is 4.74 Å². The number of hydrogen-bond acceptors (Lipinski definition) is 2. The van der Waals surface area contributed by atoms with Gasteiger partial charge in [-0.25, -0.2) is 4.79 Å². The molecule has 1 rings (SSSR count). The van der Waals surface area contributed by atoms with Gasteiger partial charge >= 0.3 is 6.09 Å². The van der Waals surface area contributed by atoms with Crippen molar-refractivity contribution in [2.24, 2.45) is 0 Å². The van der Waals surface area contributed by atoms with Crippen molar-refractivity contribution in [1.82, 2.24) is 0 Å². The van der Waals surface area contributed by atoms with Gasteiger partial charge in [0.1, 0.15) is 5.60 Å². The van der Waals surface area contributed by atoms with Crippen molar-refractivity contribution in [2.75, 3.05) is 5.32 Å². The van der Waals surface area contributed by atoms with Gasteiger partial charge in [-0.15, -0.1) is 0 Å². The zero-order valence-electron chi connectivity index (χ0n) is 8.70. The first kappa shape index (κ1) is 10.6. The highest BCUT2D eigenvalue weighted by molar-refractivity contribution is 5.84. The van der Waals surface area contributed by atoms with Crippen LogP contribution in [0.3, 0.4) is 0 Å². The molecule has 0 aliphatic heterocycles. The van der Waals surface area contributed by atoms with E-state index >= 15 is 0 Å². The molecule has 3 heteroatoms. The van der Waals surface area contributed by atoms with Gasteiger partial charge in [0.2, 0.25) is 0 Å². The summed E-state index contributed by atoms with van der Waals surface area (Å²) in [6.45, 7) is 5.49. The molecule has 0 bridgehead atoms. The number of rotatable bonds is 1. The third-order valence-electron chi connectivity index (χ3n) is 1.42. The average molecular weight is 194 g/mol. The van der Waals surface area contributed by atoms with Gasteiger partial charge in [0.05, 0.1) is 0 Å². The fourth-order valence-corrected chi connectivity index (χ4v) is 0.943. The lowest BCUT2D eigenvalue weighted by Crippen LogP contribution is -2.27. The molecule has 0 heterocycles. The summed E-state index contributed by atoms with van der Waals surface area (Å²) in [6, 6.07) is 9.22. The zero-order valence-corrected chi connectivity index (χ0v) is 8.70. The minimum Gasteiger partial charge on any atom is -0.444 e. The molecule has 0 fully saturated rings. The summed E-state index contributed by atoms with van der Waals surface area (Å²) in [6.07, 6.45) is -0.427. The normalized spacial score (nSPS) is 10.8. The molecule has 0 aromatic heterocycles. The number of nitrogens with one attached hydrogen (secondary N) is 1. The van der Waals surface area contributed by atoms with E-state index in [-0.39, 0.29) is 0 Å². The van der Waals surface area contributed by atoms with Gasteiger partial charge < -0.3 is 4.74 Å². The summed E-state index contributed by atoms with van der Waals surface area (Å²) >= 11 is 0. The van der Waals surface area contributed by atoms with Gasteiger partial charge in [-0.05, 0) is 32.9 Å². The highest BCUT2D eigenvalue weighted by Gasteiger charge is 2.15. The first-order valence-corrected chi connectivity index (χ1v) is 4.52. The topological polar surface area (TPSA) is 38.3 Å². The lowest BCUT2D eigenvalue weighted by Gasteiger charge is -2.19. The Morgan fingerprint density at radius 3 is 2.29 bits per heavy atom. The van der Waals surface area contributed by atoms with Crippen LogP contribution in [0.4, 0.5) is 10.5 Å². The molecule has 0 aliphatic rings. The van der Waals surface area contributed by atoms with Crippen LogP contribution in [0, 0.1) is 0 Å². The summed E-state index contributed by atoms with van der Waals surface area (Å²) < 4.78 is 5.09. The number of hydrogen-bond donors (Lipinski definition) is 1. The van der Waals surface area contributed by atoms with Crippen molar-refractivity contribution in [3.05, 3.63) is 30.3 Å². The van der Waals surface area contributed by atoms with Crippen LogP contribution in [0.25, 0.3) is 0 Å². The lowest BCUT2D eigenvalue weighted by atomic mass is 10.2. The first-order valence-electron chi connectivity index (χ1n) is 4.52. The van der Waals surface area contributed by atoms with Crippen molar-refractivity contribution < 1.29 is 9.53 Å².